The molecule has 0 aromatic heterocycles. The van der Waals surface area contributed by atoms with Gasteiger partial charge in [-0.05, 0) is 60.4 Å². The Hall–Kier alpha value is -3.51. The second-order valence-corrected chi connectivity index (χ2v) is 9.33. The molecule has 3 aromatic carbocycles. The quantitative estimate of drug-likeness (QED) is 0.297. The van der Waals surface area contributed by atoms with Gasteiger partial charge in [0.05, 0.1) is 7.11 Å². The molecule has 0 bridgehead atoms. The van der Waals surface area contributed by atoms with Gasteiger partial charge in [-0.15, -0.1) is 0 Å². The van der Waals surface area contributed by atoms with Crippen molar-refractivity contribution in [2.45, 2.75) is 45.7 Å². The topological polar surface area (TPSA) is 67.9 Å². The minimum atomic E-state index is -0.714. The van der Waals surface area contributed by atoms with Crippen LogP contribution in [0.3, 0.4) is 0 Å². The molecule has 0 saturated heterocycles. The Kier molecular flexibility index (Phi) is 10.8. The Morgan fingerprint density at radius 3 is 2.43 bits per heavy atom. The van der Waals surface area contributed by atoms with Gasteiger partial charge in [0.1, 0.15) is 17.5 Å². The second-order valence-electron chi connectivity index (χ2n) is 8.92. The van der Waals surface area contributed by atoms with Gasteiger partial charge in [0.25, 0.3) is 5.91 Å². The summed E-state index contributed by atoms with van der Waals surface area (Å²) in [6, 6.07) is 21.8. The third kappa shape index (κ3) is 8.53. The minimum absolute atomic E-state index is 0.184. The van der Waals surface area contributed by atoms with E-state index in [1.165, 1.54) is 0 Å². The molecule has 0 fully saturated rings. The lowest BCUT2D eigenvalue weighted by Gasteiger charge is -2.31. The molecule has 7 heteroatoms. The molecular weight excluding hydrogens is 488 g/mol. The van der Waals surface area contributed by atoms with Crippen LogP contribution in [0.15, 0.2) is 72.8 Å². The number of carbonyl (C=O) groups excluding carboxylic acids is 2. The lowest BCUT2D eigenvalue weighted by atomic mass is 10.0. The molecule has 0 saturated carbocycles. The summed E-state index contributed by atoms with van der Waals surface area (Å²) < 4.78 is 11.2. The molecule has 37 heavy (non-hydrogen) atoms. The van der Waals surface area contributed by atoms with Crippen molar-refractivity contribution in [2.75, 3.05) is 20.3 Å². The molecular formula is C30H35ClN2O4. The molecule has 0 spiro atoms. The standard InChI is InChI=1S/C30H35ClN2O4/c1-4-5-16-32-30(35)28(19-23-10-7-6-8-11-23)33(20-24-12-9-13-25(18-24)36-3)29(34)21-37-26-14-15-27(31)22(2)17-26/h6-15,17-18,28H,4-5,16,19-21H2,1-3H3,(H,32,35). The molecule has 6 nitrogen and oxygen atoms in total. The van der Waals surface area contributed by atoms with E-state index in [0.29, 0.717) is 29.5 Å². The molecule has 0 heterocycles. The summed E-state index contributed by atoms with van der Waals surface area (Å²) >= 11 is 6.13. The number of aryl methyl sites for hydroxylation is 1. The molecule has 196 valence electrons. The van der Waals surface area contributed by atoms with Crippen LogP contribution in [0.4, 0.5) is 0 Å². The van der Waals surface area contributed by atoms with E-state index >= 15 is 0 Å². The monoisotopic (exact) mass is 522 g/mol. The molecule has 0 aliphatic heterocycles. The van der Waals surface area contributed by atoms with Crippen LogP contribution in [0.25, 0.3) is 0 Å². The largest absolute Gasteiger partial charge is 0.497 e. The molecule has 1 N–H and O–H groups in total. The normalized spacial score (nSPS) is 11.5. The number of hydrogen-bond donors (Lipinski definition) is 1. The first-order valence-corrected chi connectivity index (χ1v) is 12.9. The van der Waals surface area contributed by atoms with Gasteiger partial charge in [-0.3, -0.25) is 9.59 Å². The van der Waals surface area contributed by atoms with E-state index in [1.54, 1.807) is 30.2 Å². The predicted molar refractivity (Wildman–Crippen MR) is 147 cm³/mol. The van der Waals surface area contributed by atoms with E-state index in [0.717, 1.165) is 29.5 Å². The smallest absolute Gasteiger partial charge is 0.261 e. The highest BCUT2D eigenvalue weighted by atomic mass is 35.5. The first-order valence-electron chi connectivity index (χ1n) is 12.5. The first-order chi connectivity index (χ1) is 17.9. The zero-order chi connectivity index (χ0) is 26.6. The number of carbonyl (C=O) groups is 2. The fraction of sp³-hybridized carbons (Fsp3) is 0.333. The third-order valence-electron chi connectivity index (χ3n) is 6.08. The van der Waals surface area contributed by atoms with Crippen molar-refractivity contribution < 1.29 is 19.1 Å². The van der Waals surface area contributed by atoms with Gasteiger partial charge in [0.15, 0.2) is 6.61 Å². The molecule has 2 amide bonds. The van der Waals surface area contributed by atoms with Crippen LogP contribution < -0.4 is 14.8 Å². The summed E-state index contributed by atoms with van der Waals surface area (Å²) in [5, 5.41) is 3.65. The fourth-order valence-corrected chi connectivity index (χ4v) is 4.08. The zero-order valence-electron chi connectivity index (χ0n) is 21.7. The van der Waals surface area contributed by atoms with Crippen molar-refractivity contribution in [1.82, 2.24) is 10.2 Å². The number of halogens is 1. The second kappa shape index (κ2) is 14.3. The van der Waals surface area contributed by atoms with Crippen LogP contribution in [0.1, 0.15) is 36.5 Å². The molecule has 0 radical (unpaired) electrons. The maximum Gasteiger partial charge on any atom is 0.261 e. The van der Waals surface area contributed by atoms with Crippen LogP contribution >= 0.6 is 11.6 Å². The average Bonchev–Trinajstić information content (AvgIpc) is 2.92. The molecule has 0 aliphatic rings. The van der Waals surface area contributed by atoms with Gasteiger partial charge in [0, 0.05) is 24.5 Å². The van der Waals surface area contributed by atoms with E-state index < -0.39 is 6.04 Å². The Morgan fingerprint density at radius 1 is 0.973 bits per heavy atom. The van der Waals surface area contributed by atoms with Crippen molar-refractivity contribution in [3.8, 4) is 11.5 Å². The van der Waals surface area contributed by atoms with Crippen LogP contribution in [0.2, 0.25) is 5.02 Å². The number of amides is 2. The Balaban J connectivity index is 1.90. The van der Waals surface area contributed by atoms with Crippen molar-refractivity contribution in [3.05, 3.63) is 94.5 Å². The average molecular weight is 523 g/mol. The van der Waals surface area contributed by atoms with Gasteiger partial charge in [-0.25, -0.2) is 0 Å². The summed E-state index contributed by atoms with van der Waals surface area (Å²) in [7, 11) is 1.60. The Labute approximate surface area is 224 Å². The molecule has 0 aliphatic carbocycles. The molecule has 3 rings (SSSR count). The number of hydrogen-bond acceptors (Lipinski definition) is 4. The summed E-state index contributed by atoms with van der Waals surface area (Å²) in [6.07, 6.45) is 2.21. The first kappa shape index (κ1) is 28.1. The molecule has 1 unspecified atom stereocenters. The van der Waals surface area contributed by atoms with Crippen molar-refractivity contribution >= 4 is 23.4 Å². The van der Waals surface area contributed by atoms with Crippen molar-refractivity contribution in [2.24, 2.45) is 0 Å². The third-order valence-corrected chi connectivity index (χ3v) is 6.50. The summed E-state index contributed by atoms with van der Waals surface area (Å²) in [5.41, 5.74) is 2.68. The number of benzene rings is 3. The lowest BCUT2D eigenvalue weighted by Crippen LogP contribution is -2.51. The van der Waals surface area contributed by atoms with Crippen molar-refractivity contribution in [3.63, 3.8) is 0 Å². The van der Waals surface area contributed by atoms with E-state index in [1.807, 2.05) is 61.5 Å². The SMILES string of the molecule is CCCCNC(=O)C(Cc1ccccc1)N(Cc1cccc(OC)c1)C(=O)COc1ccc(Cl)c(C)c1. The van der Waals surface area contributed by atoms with E-state index in [2.05, 4.69) is 12.2 Å². The Morgan fingerprint density at radius 2 is 1.73 bits per heavy atom. The lowest BCUT2D eigenvalue weighted by molar-refractivity contribution is -0.142. The summed E-state index contributed by atoms with van der Waals surface area (Å²) in [6.45, 7) is 4.53. The highest BCUT2D eigenvalue weighted by Crippen LogP contribution is 2.22. The van der Waals surface area contributed by atoms with Crippen LogP contribution in [-0.2, 0) is 22.6 Å². The van der Waals surface area contributed by atoms with E-state index in [-0.39, 0.29) is 25.0 Å². The number of rotatable bonds is 13. The summed E-state index contributed by atoms with van der Waals surface area (Å²) in [5.74, 6) is 0.756. The maximum absolute atomic E-state index is 13.7. The zero-order valence-corrected chi connectivity index (χ0v) is 22.5. The van der Waals surface area contributed by atoms with Crippen molar-refractivity contribution in [1.29, 1.82) is 0 Å². The van der Waals surface area contributed by atoms with Gasteiger partial charge in [0.2, 0.25) is 5.91 Å². The maximum atomic E-state index is 13.7. The fourth-order valence-electron chi connectivity index (χ4n) is 3.96. The van der Waals surface area contributed by atoms with Crippen LogP contribution in [0, 0.1) is 6.92 Å². The molecule has 3 aromatic rings. The predicted octanol–water partition coefficient (Wildman–Crippen LogP) is 5.59. The van der Waals surface area contributed by atoms with Gasteiger partial charge < -0.3 is 19.7 Å². The number of nitrogens with one attached hydrogen (secondary N) is 1. The summed E-state index contributed by atoms with van der Waals surface area (Å²) in [4.78, 5) is 28.7. The van der Waals surface area contributed by atoms with Gasteiger partial charge in [-0.1, -0.05) is 67.4 Å². The number of methoxy groups -OCH3 is 1. The highest BCUT2D eigenvalue weighted by molar-refractivity contribution is 6.31. The van der Waals surface area contributed by atoms with Gasteiger partial charge in [-0.2, -0.15) is 0 Å². The molecule has 1 atom stereocenters. The number of nitrogens with zero attached hydrogens (tertiary/aromatic N) is 1. The number of unbranched alkanes of at least 4 members (excludes halogenated alkanes) is 1. The van der Waals surface area contributed by atoms with E-state index in [4.69, 9.17) is 21.1 Å². The highest BCUT2D eigenvalue weighted by Gasteiger charge is 2.30. The minimum Gasteiger partial charge on any atom is -0.497 e. The van der Waals surface area contributed by atoms with Crippen LogP contribution in [-0.4, -0.2) is 43.0 Å². The van der Waals surface area contributed by atoms with Gasteiger partial charge >= 0.3 is 0 Å². The van der Waals surface area contributed by atoms with E-state index in [9.17, 15) is 9.59 Å². The number of ether oxygens (including phenoxy) is 2. The van der Waals surface area contributed by atoms with Crippen LogP contribution in [0.5, 0.6) is 11.5 Å². The Bertz CT molecular complexity index is 1170.